The molecule has 0 saturated heterocycles. The third-order valence-electron chi connectivity index (χ3n) is 4.24. The zero-order chi connectivity index (χ0) is 19.8. The Labute approximate surface area is 161 Å². The normalized spacial score (nSPS) is 12.0. The van der Waals surface area contributed by atoms with Gasteiger partial charge in [-0.25, -0.2) is 0 Å². The molecule has 1 unspecified atom stereocenters. The lowest BCUT2D eigenvalue weighted by Gasteiger charge is -2.19. The van der Waals surface area contributed by atoms with Crippen molar-refractivity contribution in [3.05, 3.63) is 59.2 Å². The molecule has 27 heavy (non-hydrogen) atoms. The van der Waals surface area contributed by atoms with Crippen molar-refractivity contribution >= 4 is 5.97 Å². The van der Waals surface area contributed by atoms with Crippen LogP contribution in [0.4, 0.5) is 0 Å². The molecule has 0 aliphatic carbocycles. The summed E-state index contributed by atoms with van der Waals surface area (Å²) in [4.78, 5) is 11.3. The summed E-state index contributed by atoms with van der Waals surface area (Å²) in [6.07, 6.45) is 0. The van der Waals surface area contributed by atoms with Crippen molar-refractivity contribution in [2.75, 3.05) is 6.61 Å². The minimum absolute atomic E-state index is 0.00537. The number of rotatable bonds is 10. The first kappa shape index (κ1) is 20.8. The summed E-state index contributed by atoms with van der Waals surface area (Å²) in [5.74, 6) is 0.514. The summed E-state index contributed by atoms with van der Waals surface area (Å²) in [5, 5.41) is 12.4. The number of carboxylic acid groups (broad SMARTS) is 1. The molecule has 0 amide bonds. The summed E-state index contributed by atoms with van der Waals surface area (Å²) in [7, 11) is 0. The maximum Gasteiger partial charge on any atom is 0.320 e. The van der Waals surface area contributed by atoms with E-state index in [4.69, 9.17) is 9.47 Å². The van der Waals surface area contributed by atoms with Crippen LogP contribution < -0.4 is 14.8 Å². The molecule has 1 atom stereocenters. The molecule has 0 radical (unpaired) electrons. The van der Waals surface area contributed by atoms with E-state index in [0.717, 1.165) is 11.1 Å². The molecule has 2 rings (SSSR count). The molecule has 0 saturated carbocycles. The van der Waals surface area contributed by atoms with Crippen LogP contribution in [0, 0.1) is 12.8 Å². The molecule has 0 spiro atoms. The van der Waals surface area contributed by atoms with Gasteiger partial charge in [0.15, 0.2) is 11.5 Å². The molecule has 0 fully saturated rings. The van der Waals surface area contributed by atoms with Crippen molar-refractivity contribution in [3.63, 3.8) is 0 Å². The van der Waals surface area contributed by atoms with Crippen molar-refractivity contribution in [2.24, 2.45) is 5.92 Å². The van der Waals surface area contributed by atoms with E-state index >= 15 is 0 Å². The highest BCUT2D eigenvalue weighted by molar-refractivity contribution is 5.73. The van der Waals surface area contributed by atoms with Crippen molar-refractivity contribution in [1.29, 1.82) is 0 Å². The molecule has 5 nitrogen and oxygen atoms in total. The predicted octanol–water partition coefficient (Wildman–Crippen LogP) is 4.17. The van der Waals surface area contributed by atoms with Gasteiger partial charge in [-0.3, -0.25) is 4.79 Å². The number of ether oxygens (including phenoxy) is 2. The fourth-order valence-electron chi connectivity index (χ4n) is 2.85. The lowest BCUT2D eigenvalue weighted by atomic mass is 10.0. The van der Waals surface area contributed by atoms with Gasteiger partial charge in [-0.1, -0.05) is 49.7 Å². The Hall–Kier alpha value is -2.53. The van der Waals surface area contributed by atoms with Crippen molar-refractivity contribution in [2.45, 2.75) is 46.9 Å². The van der Waals surface area contributed by atoms with Crippen molar-refractivity contribution in [3.8, 4) is 11.5 Å². The van der Waals surface area contributed by atoms with Gasteiger partial charge in [0.1, 0.15) is 12.6 Å². The highest BCUT2D eigenvalue weighted by Gasteiger charge is 2.20. The Morgan fingerprint density at radius 2 is 1.85 bits per heavy atom. The highest BCUT2D eigenvalue weighted by Crippen LogP contribution is 2.29. The van der Waals surface area contributed by atoms with Crippen LogP contribution in [0.3, 0.4) is 0 Å². The maximum atomic E-state index is 11.3. The topological polar surface area (TPSA) is 67.8 Å². The smallest absolute Gasteiger partial charge is 0.320 e. The second-order valence-electron chi connectivity index (χ2n) is 6.93. The average Bonchev–Trinajstić information content (AvgIpc) is 2.61. The van der Waals surface area contributed by atoms with Gasteiger partial charge in [-0.05, 0) is 43.0 Å². The fourth-order valence-corrected chi connectivity index (χ4v) is 2.85. The number of hydrogen-bond acceptors (Lipinski definition) is 4. The lowest BCUT2D eigenvalue weighted by molar-refractivity contribution is -0.140. The summed E-state index contributed by atoms with van der Waals surface area (Å²) in [6, 6.07) is 13.3. The van der Waals surface area contributed by atoms with Gasteiger partial charge in [0.2, 0.25) is 0 Å². The molecule has 146 valence electrons. The number of nitrogens with one attached hydrogen (secondary N) is 1. The number of carbonyl (C=O) groups is 1. The molecule has 5 heteroatoms. The van der Waals surface area contributed by atoms with E-state index < -0.39 is 12.0 Å². The SMILES string of the molecule is CCOc1cc(CNC(C(=O)O)C(C)C)ccc1OCc1cccc(C)c1. The summed E-state index contributed by atoms with van der Waals surface area (Å²) in [5.41, 5.74) is 3.25. The molecule has 0 bridgehead atoms. The first-order valence-electron chi connectivity index (χ1n) is 9.31. The Morgan fingerprint density at radius 1 is 1.07 bits per heavy atom. The molecule has 0 aliphatic heterocycles. The van der Waals surface area contributed by atoms with E-state index in [1.165, 1.54) is 5.56 Å². The van der Waals surface area contributed by atoms with Crippen molar-refractivity contribution < 1.29 is 19.4 Å². The van der Waals surface area contributed by atoms with E-state index in [0.29, 0.717) is 31.3 Å². The van der Waals surface area contributed by atoms with Crippen LogP contribution in [0.25, 0.3) is 0 Å². The zero-order valence-electron chi connectivity index (χ0n) is 16.5. The Bertz CT molecular complexity index is 758. The number of benzene rings is 2. The van der Waals surface area contributed by atoms with Gasteiger partial charge >= 0.3 is 5.97 Å². The Morgan fingerprint density at radius 3 is 2.48 bits per heavy atom. The Kier molecular flexibility index (Phi) is 7.67. The van der Waals surface area contributed by atoms with Crippen LogP contribution in [0.1, 0.15) is 37.5 Å². The summed E-state index contributed by atoms with van der Waals surface area (Å²) in [6.45, 7) is 9.20. The van der Waals surface area contributed by atoms with Crippen LogP contribution >= 0.6 is 0 Å². The molecule has 2 N–H and O–H groups in total. The molecule has 2 aromatic rings. The molecule has 0 heterocycles. The predicted molar refractivity (Wildman–Crippen MR) is 106 cm³/mol. The quantitative estimate of drug-likeness (QED) is 0.656. The second-order valence-corrected chi connectivity index (χ2v) is 6.93. The van der Waals surface area contributed by atoms with E-state index in [1.54, 1.807) is 0 Å². The summed E-state index contributed by atoms with van der Waals surface area (Å²) < 4.78 is 11.7. The molecule has 0 aliphatic rings. The summed E-state index contributed by atoms with van der Waals surface area (Å²) >= 11 is 0. The van der Waals surface area contributed by atoms with Crippen LogP contribution in [0.5, 0.6) is 11.5 Å². The standard InChI is InChI=1S/C22H29NO4/c1-5-26-20-12-17(13-23-21(15(2)3)22(24)25)9-10-19(20)27-14-18-8-6-7-16(4)11-18/h6-12,15,21,23H,5,13-14H2,1-4H3,(H,24,25). The van der Waals surface area contributed by atoms with E-state index in [-0.39, 0.29) is 5.92 Å². The van der Waals surface area contributed by atoms with Gasteiger partial charge in [-0.15, -0.1) is 0 Å². The Balaban J connectivity index is 2.07. The van der Waals surface area contributed by atoms with Crippen LogP contribution in [-0.4, -0.2) is 23.7 Å². The molecule has 2 aromatic carbocycles. The zero-order valence-corrected chi connectivity index (χ0v) is 16.5. The largest absolute Gasteiger partial charge is 0.490 e. The van der Waals surface area contributed by atoms with E-state index in [9.17, 15) is 9.90 Å². The first-order chi connectivity index (χ1) is 12.9. The van der Waals surface area contributed by atoms with Gasteiger partial charge < -0.3 is 19.9 Å². The van der Waals surface area contributed by atoms with Gasteiger partial charge in [-0.2, -0.15) is 0 Å². The molecular weight excluding hydrogens is 342 g/mol. The van der Waals surface area contributed by atoms with Crippen molar-refractivity contribution in [1.82, 2.24) is 5.32 Å². The molecular formula is C22H29NO4. The molecule has 0 aromatic heterocycles. The van der Waals surface area contributed by atoms with Gasteiger partial charge in [0.05, 0.1) is 6.61 Å². The minimum atomic E-state index is -0.840. The van der Waals surface area contributed by atoms with Gasteiger partial charge in [0, 0.05) is 6.54 Å². The number of carboxylic acids is 1. The fraction of sp³-hybridized carbons (Fsp3) is 0.409. The number of hydrogen-bond donors (Lipinski definition) is 2. The lowest BCUT2D eigenvalue weighted by Crippen LogP contribution is -2.40. The average molecular weight is 371 g/mol. The van der Waals surface area contributed by atoms with E-state index in [2.05, 4.69) is 24.4 Å². The first-order valence-corrected chi connectivity index (χ1v) is 9.31. The van der Waals surface area contributed by atoms with Crippen LogP contribution in [0.15, 0.2) is 42.5 Å². The van der Waals surface area contributed by atoms with E-state index in [1.807, 2.05) is 51.1 Å². The van der Waals surface area contributed by atoms with Gasteiger partial charge in [0.25, 0.3) is 0 Å². The van der Waals surface area contributed by atoms with Crippen LogP contribution in [0.2, 0.25) is 0 Å². The number of aliphatic carboxylic acids is 1. The monoisotopic (exact) mass is 371 g/mol. The third-order valence-corrected chi connectivity index (χ3v) is 4.24. The maximum absolute atomic E-state index is 11.3. The third kappa shape index (κ3) is 6.29. The van der Waals surface area contributed by atoms with Crippen LogP contribution in [-0.2, 0) is 17.9 Å². The minimum Gasteiger partial charge on any atom is -0.490 e. The highest BCUT2D eigenvalue weighted by atomic mass is 16.5. The number of aryl methyl sites for hydroxylation is 1. The second kappa shape index (κ2) is 9.97.